The van der Waals surface area contributed by atoms with Gasteiger partial charge < -0.3 is 10.6 Å². The smallest absolute Gasteiger partial charge is 0.255 e. The van der Waals surface area contributed by atoms with E-state index in [1.165, 1.54) is 0 Å². The normalized spacial score (nSPS) is 10.5. The number of nitrogens with one attached hydrogen (secondary N) is 2. The molecule has 0 fully saturated rings. The Kier molecular flexibility index (Phi) is 5.17. The second-order valence-corrected chi connectivity index (χ2v) is 5.38. The van der Waals surface area contributed by atoms with Gasteiger partial charge >= 0.3 is 0 Å². The molecule has 1 aromatic heterocycles. The topological polar surface area (TPSA) is 54.0 Å². The Morgan fingerprint density at radius 3 is 2.71 bits per heavy atom. The molecular weight excluding hydrogens is 286 g/mol. The van der Waals surface area contributed by atoms with Crippen LogP contribution in [0.5, 0.6) is 0 Å². The van der Waals surface area contributed by atoms with Crippen molar-refractivity contribution < 1.29 is 4.79 Å². The number of hydrogen-bond donors (Lipinski definition) is 2. The maximum absolute atomic E-state index is 12.3. The zero-order valence-corrected chi connectivity index (χ0v) is 12.8. The van der Waals surface area contributed by atoms with Gasteiger partial charge in [-0.25, -0.2) is 4.98 Å². The number of carbonyl (C=O) groups is 1. The maximum atomic E-state index is 12.3. The van der Waals surface area contributed by atoms with Crippen molar-refractivity contribution >= 4 is 23.3 Å². The van der Waals surface area contributed by atoms with E-state index < -0.39 is 0 Å². The van der Waals surface area contributed by atoms with Gasteiger partial charge in [-0.1, -0.05) is 29.8 Å². The molecule has 1 amide bonds. The number of rotatable bonds is 5. The number of benzene rings is 1. The SMILES string of the molecule is CC(C)Nc1ncccc1C(=O)NCc1ccccc1Cl. The van der Waals surface area contributed by atoms with Crippen LogP contribution in [-0.4, -0.2) is 16.9 Å². The monoisotopic (exact) mass is 303 g/mol. The molecule has 1 aromatic carbocycles. The molecule has 2 rings (SSSR count). The number of nitrogens with zero attached hydrogens (tertiary/aromatic N) is 1. The summed E-state index contributed by atoms with van der Waals surface area (Å²) in [6.07, 6.45) is 1.66. The molecule has 0 aliphatic heterocycles. The fraction of sp³-hybridized carbons (Fsp3) is 0.250. The highest BCUT2D eigenvalue weighted by molar-refractivity contribution is 6.31. The molecule has 5 heteroatoms. The lowest BCUT2D eigenvalue weighted by molar-refractivity contribution is 0.0951. The highest BCUT2D eigenvalue weighted by Gasteiger charge is 2.13. The first-order chi connectivity index (χ1) is 10.1. The molecule has 110 valence electrons. The summed E-state index contributed by atoms with van der Waals surface area (Å²) in [4.78, 5) is 16.5. The molecule has 0 aliphatic carbocycles. The Balaban J connectivity index is 2.09. The average Bonchev–Trinajstić information content (AvgIpc) is 2.46. The van der Waals surface area contributed by atoms with Crippen LogP contribution in [0.1, 0.15) is 29.8 Å². The Morgan fingerprint density at radius 1 is 1.24 bits per heavy atom. The largest absolute Gasteiger partial charge is 0.367 e. The Labute approximate surface area is 129 Å². The van der Waals surface area contributed by atoms with Gasteiger partial charge in [0.25, 0.3) is 5.91 Å². The minimum absolute atomic E-state index is 0.175. The van der Waals surface area contributed by atoms with Crippen molar-refractivity contribution in [1.82, 2.24) is 10.3 Å². The third-order valence-corrected chi connectivity index (χ3v) is 3.24. The van der Waals surface area contributed by atoms with Crippen LogP contribution in [0.25, 0.3) is 0 Å². The number of amides is 1. The van der Waals surface area contributed by atoms with Crippen LogP contribution in [0.3, 0.4) is 0 Å². The lowest BCUT2D eigenvalue weighted by Crippen LogP contribution is -2.25. The fourth-order valence-electron chi connectivity index (χ4n) is 1.89. The van der Waals surface area contributed by atoms with Crippen LogP contribution in [0.15, 0.2) is 42.6 Å². The summed E-state index contributed by atoms with van der Waals surface area (Å²) in [5, 5.41) is 6.68. The molecule has 0 atom stereocenters. The van der Waals surface area contributed by atoms with Crippen LogP contribution in [0.2, 0.25) is 5.02 Å². The minimum atomic E-state index is -0.175. The Morgan fingerprint density at radius 2 is 2.00 bits per heavy atom. The molecule has 0 spiro atoms. The molecule has 0 radical (unpaired) electrons. The van der Waals surface area contributed by atoms with Crippen molar-refractivity contribution in [2.75, 3.05) is 5.32 Å². The van der Waals surface area contributed by atoms with Crippen LogP contribution in [0.4, 0.5) is 5.82 Å². The summed E-state index contributed by atoms with van der Waals surface area (Å²) in [6, 6.07) is 11.1. The molecule has 2 aromatic rings. The van der Waals surface area contributed by atoms with E-state index in [1.807, 2.05) is 32.0 Å². The van der Waals surface area contributed by atoms with E-state index >= 15 is 0 Å². The van der Waals surface area contributed by atoms with Crippen molar-refractivity contribution in [1.29, 1.82) is 0 Å². The molecule has 1 heterocycles. The van der Waals surface area contributed by atoms with Crippen molar-refractivity contribution in [2.24, 2.45) is 0 Å². The third kappa shape index (κ3) is 4.20. The molecule has 0 unspecified atom stereocenters. The molecule has 0 aliphatic rings. The summed E-state index contributed by atoms with van der Waals surface area (Å²) >= 11 is 6.08. The lowest BCUT2D eigenvalue weighted by atomic mass is 10.2. The summed E-state index contributed by atoms with van der Waals surface area (Å²) in [6.45, 7) is 4.38. The van der Waals surface area contributed by atoms with Crippen molar-refractivity contribution in [3.05, 3.63) is 58.7 Å². The lowest BCUT2D eigenvalue weighted by Gasteiger charge is -2.13. The number of halogens is 1. The predicted octanol–water partition coefficient (Wildman–Crippen LogP) is 3.49. The minimum Gasteiger partial charge on any atom is -0.367 e. The molecule has 2 N–H and O–H groups in total. The van der Waals surface area contributed by atoms with Crippen LogP contribution in [-0.2, 0) is 6.54 Å². The second kappa shape index (κ2) is 7.09. The van der Waals surface area contributed by atoms with Gasteiger partial charge in [-0.3, -0.25) is 4.79 Å². The van der Waals surface area contributed by atoms with Crippen LogP contribution >= 0.6 is 11.6 Å². The maximum Gasteiger partial charge on any atom is 0.255 e. The molecule has 0 saturated carbocycles. The van der Waals surface area contributed by atoms with E-state index in [-0.39, 0.29) is 11.9 Å². The first-order valence-corrected chi connectivity index (χ1v) is 7.19. The highest BCUT2D eigenvalue weighted by atomic mass is 35.5. The van der Waals surface area contributed by atoms with Gasteiger partial charge in [0.15, 0.2) is 0 Å². The summed E-state index contributed by atoms with van der Waals surface area (Å²) in [5.74, 6) is 0.412. The van der Waals surface area contributed by atoms with E-state index in [9.17, 15) is 4.79 Å². The quantitative estimate of drug-likeness (QED) is 0.889. The van der Waals surface area contributed by atoms with Crippen LogP contribution in [0, 0.1) is 0 Å². The molecular formula is C16H18ClN3O. The zero-order chi connectivity index (χ0) is 15.2. The van der Waals surface area contributed by atoms with Gasteiger partial charge in [0.1, 0.15) is 5.82 Å². The second-order valence-electron chi connectivity index (χ2n) is 4.97. The Bertz CT molecular complexity index is 628. The van der Waals surface area contributed by atoms with Gasteiger partial charge in [-0.15, -0.1) is 0 Å². The van der Waals surface area contributed by atoms with Gasteiger partial charge in [0.2, 0.25) is 0 Å². The number of hydrogen-bond acceptors (Lipinski definition) is 3. The van der Waals surface area contributed by atoms with Crippen LogP contribution < -0.4 is 10.6 Å². The first kappa shape index (κ1) is 15.3. The van der Waals surface area contributed by atoms with Crippen molar-refractivity contribution in [3.63, 3.8) is 0 Å². The number of carbonyl (C=O) groups excluding carboxylic acids is 1. The number of pyridine rings is 1. The van der Waals surface area contributed by atoms with E-state index in [1.54, 1.807) is 24.4 Å². The van der Waals surface area contributed by atoms with Crippen molar-refractivity contribution in [2.45, 2.75) is 26.4 Å². The molecule has 0 bridgehead atoms. The van der Waals surface area contributed by atoms with Crippen molar-refractivity contribution in [3.8, 4) is 0 Å². The standard InChI is InChI=1S/C16H18ClN3O/c1-11(2)20-15-13(7-5-9-18-15)16(21)19-10-12-6-3-4-8-14(12)17/h3-9,11H,10H2,1-2H3,(H,18,20)(H,19,21). The average molecular weight is 304 g/mol. The predicted molar refractivity (Wildman–Crippen MR) is 85.6 cm³/mol. The fourth-order valence-corrected chi connectivity index (χ4v) is 2.09. The Hall–Kier alpha value is -2.07. The van der Waals surface area contributed by atoms with E-state index in [0.717, 1.165) is 5.56 Å². The van der Waals surface area contributed by atoms with Gasteiger partial charge in [-0.2, -0.15) is 0 Å². The van der Waals surface area contributed by atoms with Gasteiger partial charge in [0.05, 0.1) is 5.56 Å². The van der Waals surface area contributed by atoms with Gasteiger partial charge in [-0.05, 0) is 37.6 Å². The number of anilines is 1. The summed E-state index contributed by atoms with van der Waals surface area (Å²) in [7, 11) is 0. The third-order valence-electron chi connectivity index (χ3n) is 2.87. The highest BCUT2D eigenvalue weighted by Crippen LogP contribution is 2.16. The number of aromatic nitrogens is 1. The summed E-state index contributed by atoms with van der Waals surface area (Å²) in [5.41, 5.74) is 1.41. The summed E-state index contributed by atoms with van der Waals surface area (Å²) < 4.78 is 0. The van der Waals surface area contributed by atoms with E-state index in [4.69, 9.17) is 11.6 Å². The molecule has 4 nitrogen and oxygen atoms in total. The molecule has 21 heavy (non-hydrogen) atoms. The first-order valence-electron chi connectivity index (χ1n) is 6.81. The molecule has 0 saturated heterocycles. The van der Waals surface area contributed by atoms with E-state index in [2.05, 4.69) is 15.6 Å². The van der Waals surface area contributed by atoms with Gasteiger partial charge in [0, 0.05) is 23.8 Å². The zero-order valence-electron chi connectivity index (χ0n) is 12.1. The van der Waals surface area contributed by atoms with E-state index in [0.29, 0.717) is 22.9 Å².